The smallest absolute Gasteiger partial charge is 0.0303 e. The molecule has 0 radical (unpaired) electrons. The summed E-state index contributed by atoms with van der Waals surface area (Å²) in [5, 5.41) is 0. The van der Waals surface area contributed by atoms with Crippen molar-refractivity contribution in [2.75, 3.05) is 0 Å². The summed E-state index contributed by atoms with van der Waals surface area (Å²) in [6.45, 7) is 1.97. The van der Waals surface area contributed by atoms with Crippen LogP contribution in [0.5, 0.6) is 0 Å². The Labute approximate surface area is 96.5 Å². The number of rotatable bonds is 2. The molecule has 0 spiro atoms. The van der Waals surface area contributed by atoms with Gasteiger partial charge in [-0.15, -0.1) is 0 Å². The molecule has 2 rings (SSSR count). The van der Waals surface area contributed by atoms with Gasteiger partial charge in [-0.25, -0.2) is 0 Å². The van der Waals surface area contributed by atoms with Crippen molar-refractivity contribution in [3.8, 4) is 11.1 Å². The minimum absolute atomic E-state index is 0.301. The summed E-state index contributed by atoms with van der Waals surface area (Å²) in [5.41, 5.74) is 3.13. The predicted octanol–water partition coefficient (Wildman–Crippen LogP) is 2.30. The van der Waals surface area contributed by atoms with Crippen LogP contribution >= 0.6 is 0 Å². The van der Waals surface area contributed by atoms with Crippen LogP contribution in [0.4, 0.5) is 0 Å². The van der Waals surface area contributed by atoms with E-state index in [0.717, 1.165) is 16.7 Å². The summed E-state index contributed by atoms with van der Waals surface area (Å²) in [7, 11) is 0. The van der Waals surface area contributed by atoms with E-state index in [-0.39, 0.29) is 0 Å². The first-order valence-electron chi connectivity index (χ1n) is 4.79. The van der Waals surface area contributed by atoms with E-state index in [9.17, 15) is 8.76 Å². The normalized spacial score (nSPS) is 12.4. The molecule has 0 aliphatic carbocycles. The lowest BCUT2D eigenvalue weighted by molar-refractivity contribution is 0.537. The standard InChI is InChI=1S/C12H11NO2S/c1-9-8-13-7-6-12(9)10-2-4-11(5-3-10)16(14)15/h2-8H,1H3,(H,14,15)/p-1. The Kier molecular flexibility index (Phi) is 3.12. The third-order valence-corrected chi connectivity index (χ3v) is 3.04. The Morgan fingerprint density at radius 1 is 1.19 bits per heavy atom. The molecule has 0 aliphatic rings. The maximum absolute atomic E-state index is 10.7. The van der Waals surface area contributed by atoms with Crippen molar-refractivity contribution in [1.29, 1.82) is 0 Å². The fourth-order valence-electron chi connectivity index (χ4n) is 1.54. The van der Waals surface area contributed by atoms with Gasteiger partial charge in [0.2, 0.25) is 0 Å². The molecular weight excluding hydrogens is 222 g/mol. The van der Waals surface area contributed by atoms with Crippen molar-refractivity contribution in [2.24, 2.45) is 0 Å². The summed E-state index contributed by atoms with van der Waals surface area (Å²) in [6, 6.07) is 8.70. The molecule has 1 atom stereocenters. The molecule has 0 fully saturated rings. The minimum Gasteiger partial charge on any atom is -0.768 e. The highest BCUT2D eigenvalue weighted by molar-refractivity contribution is 7.79. The van der Waals surface area contributed by atoms with Crippen molar-refractivity contribution < 1.29 is 8.76 Å². The molecule has 1 aromatic heterocycles. The van der Waals surface area contributed by atoms with Crippen LogP contribution in [0.3, 0.4) is 0 Å². The Morgan fingerprint density at radius 3 is 2.44 bits per heavy atom. The molecular formula is C12H10NO2S-. The van der Waals surface area contributed by atoms with Crippen LogP contribution in [0.25, 0.3) is 11.1 Å². The molecule has 3 nitrogen and oxygen atoms in total. The number of benzene rings is 1. The zero-order valence-electron chi connectivity index (χ0n) is 8.71. The predicted molar refractivity (Wildman–Crippen MR) is 61.6 cm³/mol. The first-order valence-corrected chi connectivity index (χ1v) is 5.86. The van der Waals surface area contributed by atoms with Gasteiger partial charge in [0, 0.05) is 17.3 Å². The number of hydrogen-bond acceptors (Lipinski definition) is 3. The summed E-state index contributed by atoms with van der Waals surface area (Å²) in [4.78, 5) is 4.32. The van der Waals surface area contributed by atoms with Crippen LogP contribution < -0.4 is 0 Å². The lowest BCUT2D eigenvalue weighted by Gasteiger charge is -2.08. The van der Waals surface area contributed by atoms with Gasteiger partial charge in [0.25, 0.3) is 0 Å². The molecule has 1 heterocycles. The largest absolute Gasteiger partial charge is 0.768 e. The Morgan fingerprint density at radius 2 is 1.88 bits per heavy atom. The van der Waals surface area contributed by atoms with Crippen molar-refractivity contribution in [1.82, 2.24) is 4.98 Å². The molecule has 0 N–H and O–H groups in total. The average molecular weight is 232 g/mol. The lowest BCUT2D eigenvalue weighted by Crippen LogP contribution is -1.89. The molecule has 1 aromatic carbocycles. The molecule has 0 saturated heterocycles. The Bertz CT molecular complexity index is 523. The van der Waals surface area contributed by atoms with Crippen molar-refractivity contribution in [3.63, 3.8) is 0 Å². The first-order chi connectivity index (χ1) is 7.68. The molecule has 1 unspecified atom stereocenters. The van der Waals surface area contributed by atoms with Crippen LogP contribution in [0.2, 0.25) is 0 Å². The van der Waals surface area contributed by atoms with E-state index < -0.39 is 11.1 Å². The zero-order valence-corrected chi connectivity index (χ0v) is 9.53. The third kappa shape index (κ3) is 2.18. The van der Waals surface area contributed by atoms with Gasteiger partial charge in [-0.1, -0.05) is 12.1 Å². The van der Waals surface area contributed by atoms with Crippen LogP contribution in [0.1, 0.15) is 5.56 Å². The number of aryl methyl sites for hydroxylation is 1. The second-order valence-corrected chi connectivity index (χ2v) is 4.39. The summed E-state index contributed by atoms with van der Waals surface area (Å²) >= 11 is -2.16. The Balaban J connectivity index is 2.43. The number of hydrogen-bond donors (Lipinski definition) is 0. The second-order valence-electron chi connectivity index (χ2n) is 3.45. The van der Waals surface area contributed by atoms with Gasteiger partial charge in [-0.3, -0.25) is 9.19 Å². The minimum atomic E-state index is -2.16. The first kappa shape index (κ1) is 11.0. The van der Waals surface area contributed by atoms with E-state index in [4.69, 9.17) is 0 Å². The molecule has 0 bridgehead atoms. The molecule has 4 heteroatoms. The maximum atomic E-state index is 10.7. The van der Waals surface area contributed by atoms with Gasteiger partial charge >= 0.3 is 0 Å². The highest BCUT2D eigenvalue weighted by atomic mass is 32.2. The number of nitrogens with zero attached hydrogens (tertiary/aromatic N) is 1. The van der Waals surface area contributed by atoms with Crippen LogP contribution in [-0.4, -0.2) is 13.7 Å². The topological polar surface area (TPSA) is 53.0 Å². The van der Waals surface area contributed by atoms with E-state index in [1.54, 1.807) is 36.7 Å². The SMILES string of the molecule is Cc1cnccc1-c1ccc(S(=O)[O-])cc1. The number of aromatic nitrogens is 1. The van der Waals surface area contributed by atoms with Crippen LogP contribution in [-0.2, 0) is 11.1 Å². The van der Waals surface area contributed by atoms with Crippen molar-refractivity contribution in [3.05, 3.63) is 48.3 Å². The molecule has 0 aliphatic heterocycles. The highest BCUT2D eigenvalue weighted by Gasteiger charge is 2.01. The fourth-order valence-corrected chi connectivity index (χ4v) is 1.90. The molecule has 16 heavy (non-hydrogen) atoms. The van der Waals surface area contributed by atoms with E-state index in [1.165, 1.54) is 0 Å². The highest BCUT2D eigenvalue weighted by Crippen LogP contribution is 2.22. The van der Waals surface area contributed by atoms with Gasteiger partial charge in [0.1, 0.15) is 0 Å². The summed E-state index contributed by atoms with van der Waals surface area (Å²) in [5.74, 6) is 0. The fraction of sp³-hybridized carbons (Fsp3) is 0.0833. The van der Waals surface area contributed by atoms with Gasteiger partial charge in [-0.05, 0) is 52.9 Å². The van der Waals surface area contributed by atoms with E-state index in [2.05, 4.69) is 4.98 Å². The van der Waals surface area contributed by atoms with Crippen LogP contribution in [0, 0.1) is 6.92 Å². The molecule has 0 saturated carbocycles. The molecule has 82 valence electrons. The van der Waals surface area contributed by atoms with Crippen molar-refractivity contribution >= 4 is 11.1 Å². The zero-order chi connectivity index (χ0) is 11.5. The average Bonchev–Trinajstić information content (AvgIpc) is 2.30. The van der Waals surface area contributed by atoms with Gasteiger partial charge in [0.15, 0.2) is 0 Å². The maximum Gasteiger partial charge on any atom is 0.0303 e. The lowest BCUT2D eigenvalue weighted by atomic mass is 10.0. The monoisotopic (exact) mass is 232 g/mol. The molecule has 0 amide bonds. The molecule has 2 aromatic rings. The van der Waals surface area contributed by atoms with Crippen molar-refractivity contribution in [2.45, 2.75) is 11.8 Å². The van der Waals surface area contributed by atoms with E-state index >= 15 is 0 Å². The second kappa shape index (κ2) is 4.55. The summed E-state index contributed by atoms with van der Waals surface area (Å²) < 4.78 is 21.4. The van der Waals surface area contributed by atoms with Crippen LogP contribution in [0.15, 0.2) is 47.6 Å². The summed E-state index contributed by atoms with van der Waals surface area (Å²) in [6.07, 6.45) is 3.51. The quantitative estimate of drug-likeness (QED) is 0.746. The van der Waals surface area contributed by atoms with E-state index in [0.29, 0.717) is 4.90 Å². The number of pyridine rings is 1. The Hall–Kier alpha value is -1.52. The van der Waals surface area contributed by atoms with Gasteiger partial charge in [-0.2, -0.15) is 0 Å². The van der Waals surface area contributed by atoms with Gasteiger partial charge in [0.05, 0.1) is 0 Å². The van der Waals surface area contributed by atoms with Gasteiger partial charge < -0.3 is 4.55 Å². The van der Waals surface area contributed by atoms with E-state index in [1.807, 2.05) is 13.0 Å². The third-order valence-electron chi connectivity index (χ3n) is 2.38.